The maximum Gasteiger partial charge on any atom is 0.0402 e. The smallest absolute Gasteiger partial charge is 0.0402 e. The van der Waals surface area contributed by atoms with Crippen LogP contribution in [0.4, 0.5) is 0 Å². The number of rotatable bonds is 0. The number of halogens is 1. The van der Waals surface area contributed by atoms with Crippen LogP contribution in [-0.4, -0.2) is 18.0 Å². The molecule has 2 nitrogen and oxygen atoms in total. The van der Waals surface area contributed by atoms with Gasteiger partial charge < -0.3 is 16.8 Å². The molecule has 0 bridgehead atoms. The SMILES string of the molecule is Br.CCO.[CH2-]C=O.[Zn]. The summed E-state index contributed by atoms with van der Waals surface area (Å²) in [6, 6.07) is 0. The van der Waals surface area contributed by atoms with Crippen molar-refractivity contribution >= 4 is 23.3 Å². The van der Waals surface area contributed by atoms with Crippen LogP contribution in [0.5, 0.6) is 0 Å². The molecule has 0 fully saturated rings. The summed E-state index contributed by atoms with van der Waals surface area (Å²) < 4.78 is 0. The standard InChI is InChI=1S/C2H6O.C2H3O.BrH.Zn/c2*1-2-3;;/h3H,2H2,1H3;2H,1H2;1H;/q;-1;;. The second kappa shape index (κ2) is 48.9. The molecule has 0 aliphatic carbocycles. The normalized spacial score (nSPS) is 3.75. The summed E-state index contributed by atoms with van der Waals surface area (Å²) >= 11 is 0. The predicted octanol–water partition coefficient (Wildman–Crippen LogP) is 0.593. The van der Waals surface area contributed by atoms with Gasteiger partial charge in [-0.1, -0.05) is 0 Å². The zero-order valence-electron chi connectivity index (χ0n) is 4.96. The molecule has 0 saturated carbocycles. The number of aliphatic hydroxyl groups excluding tert-OH is 1. The Morgan fingerprint density at radius 2 is 1.75 bits per heavy atom. The molecule has 0 heterocycles. The van der Waals surface area contributed by atoms with Crippen molar-refractivity contribution in [2.75, 3.05) is 6.61 Å². The zero-order chi connectivity index (χ0) is 5.41. The van der Waals surface area contributed by atoms with Crippen LogP contribution in [-0.2, 0) is 24.3 Å². The van der Waals surface area contributed by atoms with E-state index < -0.39 is 0 Å². The van der Waals surface area contributed by atoms with Crippen LogP contribution in [0.15, 0.2) is 0 Å². The third-order valence-electron chi connectivity index (χ3n) is 0. The number of carbonyl (C=O) groups is 1. The second-order valence-corrected chi connectivity index (χ2v) is 0.483. The molecule has 0 spiro atoms. The molecule has 0 aliphatic rings. The first-order valence-electron chi connectivity index (χ1n) is 1.67. The number of aldehydes is 1. The minimum atomic E-state index is 0. The van der Waals surface area contributed by atoms with Gasteiger partial charge in [0.15, 0.2) is 0 Å². The van der Waals surface area contributed by atoms with Crippen molar-refractivity contribution in [1.82, 2.24) is 0 Å². The molecule has 0 saturated heterocycles. The summed E-state index contributed by atoms with van der Waals surface area (Å²) in [7, 11) is 0. The van der Waals surface area contributed by atoms with Crippen LogP contribution in [0.1, 0.15) is 6.92 Å². The quantitative estimate of drug-likeness (QED) is 0.379. The summed E-state index contributed by atoms with van der Waals surface area (Å²) in [6.45, 7) is 4.74. The summed E-state index contributed by atoms with van der Waals surface area (Å²) in [4.78, 5) is 8.69. The Bertz CT molecular complexity index is 28.0. The third kappa shape index (κ3) is 569. The van der Waals surface area contributed by atoms with Gasteiger partial charge in [0, 0.05) is 26.1 Å². The Hall–Kier alpha value is 0.603. The van der Waals surface area contributed by atoms with E-state index >= 15 is 0 Å². The van der Waals surface area contributed by atoms with Crippen LogP contribution in [0.25, 0.3) is 0 Å². The van der Waals surface area contributed by atoms with Crippen molar-refractivity contribution in [3.05, 3.63) is 6.92 Å². The van der Waals surface area contributed by atoms with Crippen LogP contribution >= 0.6 is 17.0 Å². The molecule has 0 unspecified atom stereocenters. The van der Waals surface area contributed by atoms with Gasteiger partial charge in [0.1, 0.15) is 0 Å². The van der Waals surface area contributed by atoms with Gasteiger partial charge in [-0.3, -0.25) is 0 Å². The minimum Gasteiger partial charge on any atom is -0.397 e. The van der Waals surface area contributed by atoms with E-state index in [9.17, 15) is 0 Å². The van der Waals surface area contributed by atoms with Gasteiger partial charge in [-0.15, -0.1) is 17.0 Å². The predicted molar refractivity (Wildman–Crippen MR) is 34.5 cm³/mol. The topological polar surface area (TPSA) is 37.3 Å². The van der Waals surface area contributed by atoms with E-state index in [1.165, 1.54) is 0 Å². The second-order valence-electron chi connectivity index (χ2n) is 0.483. The molecular weight excluding hydrogens is 225 g/mol. The molecule has 0 aromatic heterocycles. The average molecular weight is 235 g/mol. The summed E-state index contributed by atoms with van der Waals surface area (Å²) in [5.74, 6) is 0. The van der Waals surface area contributed by atoms with E-state index in [1.54, 1.807) is 6.92 Å². The van der Waals surface area contributed by atoms with E-state index in [0.717, 1.165) is 0 Å². The molecule has 0 radical (unpaired) electrons. The number of carbonyl (C=O) groups excluding carboxylic acids is 1. The maximum atomic E-state index is 8.69. The molecule has 0 aromatic rings. The van der Waals surface area contributed by atoms with Crippen molar-refractivity contribution < 1.29 is 29.4 Å². The van der Waals surface area contributed by atoms with Crippen LogP contribution in [0.3, 0.4) is 0 Å². The maximum absolute atomic E-state index is 8.69. The van der Waals surface area contributed by atoms with Gasteiger partial charge in [-0.05, 0) is 13.2 Å². The fourth-order valence-corrected chi connectivity index (χ4v) is 0. The van der Waals surface area contributed by atoms with E-state index in [0.29, 0.717) is 6.29 Å². The monoisotopic (exact) mass is 233 g/mol. The minimum absolute atomic E-state index is 0. The molecule has 48 valence electrons. The first-order valence-corrected chi connectivity index (χ1v) is 1.67. The summed E-state index contributed by atoms with van der Waals surface area (Å²) in [5, 5.41) is 7.57. The Kier molecular flexibility index (Phi) is 144. The molecule has 0 aliphatic heterocycles. The fourth-order valence-electron chi connectivity index (χ4n) is 0. The van der Waals surface area contributed by atoms with Gasteiger partial charge in [0.05, 0.1) is 0 Å². The van der Waals surface area contributed by atoms with Gasteiger partial charge >= 0.3 is 0 Å². The van der Waals surface area contributed by atoms with Gasteiger partial charge in [-0.2, -0.15) is 0 Å². The third-order valence-corrected chi connectivity index (χ3v) is 0. The molecule has 4 heteroatoms. The van der Waals surface area contributed by atoms with Crippen molar-refractivity contribution in [3.8, 4) is 0 Å². The Morgan fingerprint density at radius 3 is 1.75 bits per heavy atom. The van der Waals surface area contributed by atoms with Crippen LogP contribution in [0, 0.1) is 6.92 Å². The van der Waals surface area contributed by atoms with Crippen molar-refractivity contribution in [2.45, 2.75) is 6.92 Å². The first-order chi connectivity index (χ1) is 2.83. The number of aliphatic hydroxyl groups is 1. The molecule has 0 rings (SSSR count). The average Bonchev–Trinajstić information content (AvgIpc) is 1.39. The summed E-state index contributed by atoms with van der Waals surface area (Å²) in [6.07, 6.45) is 0.500. The summed E-state index contributed by atoms with van der Waals surface area (Å²) in [5.41, 5.74) is 0. The van der Waals surface area contributed by atoms with E-state index in [2.05, 4.69) is 6.92 Å². The van der Waals surface area contributed by atoms with Crippen molar-refractivity contribution in [1.29, 1.82) is 0 Å². The van der Waals surface area contributed by atoms with E-state index in [4.69, 9.17) is 9.90 Å². The number of hydrogen-bond donors (Lipinski definition) is 1. The molecule has 0 atom stereocenters. The zero-order valence-corrected chi connectivity index (χ0v) is 9.64. The molecule has 1 N–H and O–H groups in total. The van der Waals surface area contributed by atoms with Gasteiger partial charge in [0.25, 0.3) is 0 Å². The largest absolute Gasteiger partial charge is 0.397 e. The first kappa shape index (κ1) is 23.5. The van der Waals surface area contributed by atoms with Crippen LogP contribution < -0.4 is 0 Å². The van der Waals surface area contributed by atoms with Gasteiger partial charge in [-0.25, -0.2) is 0 Å². The van der Waals surface area contributed by atoms with Crippen molar-refractivity contribution in [2.24, 2.45) is 0 Å². The van der Waals surface area contributed by atoms with E-state index in [-0.39, 0.29) is 43.1 Å². The fraction of sp³-hybridized carbons (Fsp3) is 0.500. The van der Waals surface area contributed by atoms with Crippen molar-refractivity contribution in [3.63, 3.8) is 0 Å². The Morgan fingerprint density at radius 1 is 1.75 bits per heavy atom. The molecule has 0 amide bonds. The van der Waals surface area contributed by atoms with Gasteiger partial charge in [0.2, 0.25) is 0 Å². The van der Waals surface area contributed by atoms with Crippen LogP contribution in [0.2, 0.25) is 0 Å². The molecule has 8 heavy (non-hydrogen) atoms. The van der Waals surface area contributed by atoms with E-state index in [1.807, 2.05) is 0 Å². The molecule has 0 aromatic carbocycles. The number of hydrogen-bond acceptors (Lipinski definition) is 2. The Balaban J connectivity index is -0.0000000160. The Labute approximate surface area is 73.2 Å². The molecular formula is C4H10BrO2Zn-.